The summed E-state index contributed by atoms with van der Waals surface area (Å²) < 4.78 is 13.4. The van der Waals surface area contributed by atoms with E-state index in [4.69, 9.17) is 8.85 Å². The van der Waals surface area contributed by atoms with Gasteiger partial charge in [-0.05, 0) is 48.2 Å². The Bertz CT molecular complexity index is 948. The van der Waals surface area contributed by atoms with E-state index in [1.165, 1.54) is 22.3 Å². The molecule has 2 nitrogen and oxygen atoms in total. The highest BCUT2D eigenvalue weighted by Crippen LogP contribution is 2.34. The summed E-state index contributed by atoms with van der Waals surface area (Å²) in [6, 6.07) is 44.6. The Morgan fingerprint density at radius 1 is 0.441 bits per heavy atom. The van der Waals surface area contributed by atoms with Crippen LogP contribution in [0.4, 0.5) is 0 Å². The fourth-order valence-corrected chi connectivity index (χ4v) is 7.85. The Balaban J connectivity index is 1.38. The quantitative estimate of drug-likeness (QED) is 0.194. The smallest absolute Gasteiger partial charge is 0.163 e. The highest BCUT2D eigenvalue weighted by atomic mass is 28.2. The second-order valence-corrected chi connectivity index (χ2v) is 11.7. The largest absolute Gasteiger partial charge is 0.411 e. The summed E-state index contributed by atoms with van der Waals surface area (Å²) in [5.74, 6) is 0. The summed E-state index contributed by atoms with van der Waals surface area (Å²) in [6.07, 6.45) is 0. The Morgan fingerprint density at radius 3 is 0.912 bits per heavy atom. The molecule has 0 radical (unpaired) electrons. The van der Waals surface area contributed by atoms with Gasteiger partial charge < -0.3 is 8.85 Å². The van der Waals surface area contributed by atoms with Crippen molar-refractivity contribution < 1.29 is 8.85 Å². The van der Waals surface area contributed by atoms with Crippen LogP contribution in [-0.2, 0) is 20.1 Å². The van der Waals surface area contributed by atoms with Crippen LogP contribution in [0.2, 0.25) is 12.1 Å². The van der Waals surface area contributed by atoms with Crippen molar-refractivity contribution in [2.75, 3.05) is 0 Å². The van der Waals surface area contributed by atoms with Gasteiger partial charge in [0.15, 0.2) is 19.5 Å². The summed E-state index contributed by atoms with van der Waals surface area (Å²) in [6.45, 7) is 4.42. The Kier molecular flexibility index (Phi) is 8.30. The molecule has 0 aliphatic carbocycles. The van der Waals surface area contributed by atoms with Crippen molar-refractivity contribution in [3.05, 3.63) is 144 Å². The van der Waals surface area contributed by atoms with E-state index in [9.17, 15) is 0 Å². The third kappa shape index (κ3) is 5.65. The minimum Gasteiger partial charge on any atom is -0.411 e. The lowest BCUT2D eigenvalue weighted by Gasteiger charge is -2.33. The number of hydrogen-bond acceptors (Lipinski definition) is 2. The minimum absolute atomic E-state index is 0.403. The van der Waals surface area contributed by atoms with Gasteiger partial charge in [-0.1, -0.05) is 121 Å². The summed E-state index contributed by atoms with van der Waals surface area (Å²) >= 11 is 0. The maximum Gasteiger partial charge on any atom is 0.163 e. The van der Waals surface area contributed by atoms with E-state index in [0.717, 1.165) is 12.1 Å². The van der Waals surface area contributed by atoms with Crippen LogP contribution < -0.4 is 0 Å². The van der Waals surface area contributed by atoms with Gasteiger partial charge in [-0.25, -0.2) is 0 Å². The Hall–Kier alpha value is -2.77. The van der Waals surface area contributed by atoms with Crippen LogP contribution in [0, 0.1) is 0 Å². The molecule has 0 aromatic heterocycles. The van der Waals surface area contributed by atoms with Crippen LogP contribution in [-0.4, -0.2) is 19.5 Å². The molecule has 0 saturated carbocycles. The lowest BCUT2D eigenvalue weighted by Crippen LogP contribution is -2.30. The summed E-state index contributed by atoms with van der Waals surface area (Å²) in [7, 11) is -1.43. The average Bonchev–Trinajstić information content (AvgIpc) is 2.92. The molecule has 4 heteroatoms. The van der Waals surface area contributed by atoms with Crippen molar-refractivity contribution in [3.8, 4) is 0 Å². The molecule has 0 aliphatic heterocycles. The molecule has 0 atom stereocenters. The predicted molar refractivity (Wildman–Crippen MR) is 148 cm³/mol. The van der Waals surface area contributed by atoms with Crippen LogP contribution in [0.15, 0.2) is 121 Å². The lowest BCUT2D eigenvalue weighted by atomic mass is 9.88. The van der Waals surface area contributed by atoms with E-state index in [1.54, 1.807) is 0 Å². The van der Waals surface area contributed by atoms with Crippen LogP contribution in [0.3, 0.4) is 0 Å². The molecule has 0 saturated heterocycles. The van der Waals surface area contributed by atoms with Gasteiger partial charge in [-0.2, -0.15) is 0 Å². The van der Waals surface area contributed by atoms with Gasteiger partial charge in [0, 0.05) is 0 Å². The molecule has 34 heavy (non-hydrogen) atoms. The van der Waals surface area contributed by atoms with Gasteiger partial charge in [0.2, 0.25) is 0 Å². The molecule has 0 heterocycles. The molecule has 0 amide bonds. The van der Waals surface area contributed by atoms with Crippen LogP contribution in [0.25, 0.3) is 0 Å². The van der Waals surface area contributed by atoms with E-state index in [1.807, 2.05) is 0 Å². The molecule has 0 N–H and O–H groups in total. The first-order valence-electron chi connectivity index (χ1n) is 12.1. The van der Waals surface area contributed by atoms with Gasteiger partial charge in [-0.15, -0.1) is 0 Å². The first-order chi connectivity index (χ1) is 16.6. The molecule has 4 aromatic carbocycles. The predicted octanol–water partition coefficient (Wildman–Crippen LogP) is 5.95. The van der Waals surface area contributed by atoms with E-state index in [2.05, 4.69) is 135 Å². The number of hydrogen-bond donors (Lipinski definition) is 0. The zero-order valence-corrected chi connectivity index (χ0v) is 23.0. The van der Waals surface area contributed by atoms with Crippen LogP contribution in [0.1, 0.15) is 36.1 Å². The summed E-state index contributed by atoms with van der Waals surface area (Å²) in [4.78, 5) is 0. The van der Waals surface area contributed by atoms with Gasteiger partial charge in [0.25, 0.3) is 0 Å². The molecule has 0 spiro atoms. The van der Waals surface area contributed by atoms with Crippen molar-refractivity contribution in [1.29, 1.82) is 0 Å². The normalized spacial score (nSPS) is 12.6. The van der Waals surface area contributed by atoms with Crippen molar-refractivity contribution in [3.63, 3.8) is 0 Å². The molecule has 0 aliphatic rings. The monoisotopic (exact) mass is 482 g/mol. The average molecular weight is 483 g/mol. The SMILES string of the molecule is CC(O[SiH2]CC[SiH2]OC(C)(c1ccccc1)c1ccccc1)(c1ccccc1)c1ccccc1. The molecule has 0 bridgehead atoms. The molecule has 0 unspecified atom stereocenters. The van der Waals surface area contributed by atoms with E-state index in [-0.39, 0.29) is 0 Å². The standard InChI is InChI=1S/C30H34O2Si2/c1-29(25-15-7-3-8-16-25,26-17-9-4-10-18-26)31-33-23-24-34-32-30(2,27-19-11-5-12-20-27)28-21-13-6-14-22-28/h3-22H,23-24,33-34H2,1-2H3. The van der Waals surface area contributed by atoms with Crippen molar-refractivity contribution in [2.24, 2.45) is 0 Å². The number of benzene rings is 4. The third-order valence-corrected chi connectivity index (χ3v) is 10.8. The van der Waals surface area contributed by atoms with E-state index < -0.39 is 30.7 Å². The fraction of sp³-hybridized carbons (Fsp3) is 0.200. The topological polar surface area (TPSA) is 18.5 Å². The molecule has 174 valence electrons. The zero-order chi connectivity index (χ0) is 23.7. The summed E-state index contributed by atoms with van der Waals surface area (Å²) in [5, 5.41) is 0. The molecular weight excluding hydrogens is 449 g/mol. The Labute approximate surface area is 208 Å². The van der Waals surface area contributed by atoms with Crippen molar-refractivity contribution >= 4 is 19.5 Å². The molecule has 4 aromatic rings. The Morgan fingerprint density at radius 2 is 0.676 bits per heavy atom. The van der Waals surface area contributed by atoms with E-state index >= 15 is 0 Å². The first-order valence-corrected chi connectivity index (χ1v) is 15.3. The van der Waals surface area contributed by atoms with E-state index in [0.29, 0.717) is 0 Å². The first kappa shape index (κ1) is 24.4. The fourth-order valence-electron chi connectivity index (χ4n) is 4.45. The van der Waals surface area contributed by atoms with Gasteiger partial charge in [0.05, 0.1) is 0 Å². The van der Waals surface area contributed by atoms with Gasteiger partial charge in [0.1, 0.15) is 11.2 Å². The second kappa shape index (κ2) is 11.6. The maximum absolute atomic E-state index is 6.71. The minimum atomic E-state index is -0.715. The maximum atomic E-state index is 6.71. The third-order valence-electron chi connectivity index (χ3n) is 6.62. The van der Waals surface area contributed by atoms with Crippen LogP contribution >= 0.6 is 0 Å². The zero-order valence-electron chi connectivity index (χ0n) is 20.2. The highest BCUT2D eigenvalue weighted by molar-refractivity contribution is 6.34. The lowest BCUT2D eigenvalue weighted by molar-refractivity contribution is 0.136. The van der Waals surface area contributed by atoms with Gasteiger partial charge >= 0.3 is 0 Å². The van der Waals surface area contributed by atoms with Crippen LogP contribution in [0.5, 0.6) is 0 Å². The van der Waals surface area contributed by atoms with Gasteiger partial charge in [-0.3, -0.25) is 0 Å². The molecule has 4 rings (SSSR count). The number of rotatable bonds is 11. The summed E-state index contributed by atoms with van der Waals surface area (Å²) in [5.41, 5.74) is 4.04. The van der Waals surface area contributed by atoms with Crippen molar-refractivity contribution in [1.82, 2.24) is 0 Å². The van der Waals surface area contributed by atoms with Crippen molar-refractivity contribution in [2.45, 2.75) is 37.1 Å². The second-order valence-electron chi connectivity index (χ2n) is 8.93. The molecule has 0 fully saturated rings. The molecular formula is C30H34O2Si2. The highest BCUT2D eigenvalue weighted by Gasteiger charge is 2.30.